The lowest BCUT2D eigenvalue weighted by atomic mass is 9.91. The summed E-state index contributed by atoms with van der Waals surface area (Å²) >= 11 is 7.66. The number of ether oxygens (including phenoxy) is 2. The standard InChI is InChI=1S/C32H32ClF3N4O5S/c1-16-12-22(29-28(37-16)24(15-46-29)31(42)43)21-13-19(33)4-7-27(21)44-11-10-40-18(3)38-25-6-5-20(14-23(25)30(40)41)39-9-8-26(17(39)2)45-32(34,35)36/h4,7,12-13,15,17,20,26H,5-6,8-11,14H2,1-3H3,(H,42,43). The summed E-state index contributed by atoms with van der Waals surface area (Å²) in [5.74, 6) is 0.0109. The number of aromatic carboxylic acids is 1. The van der Waals surface area contributed by atoms with Gasteiger partial charge in [-0.25, -0.2) is 9.78 Å². The number of carbonyl (C=O) groups is 1. The van der Waals surface area contributed by atoms with Crippen LogP contribution in [0, 0.1) is 13.8 Å². The van der Waals surface area contributed by atoms with Crippen molar-refractivity contribution in [3.05, 3.63) is 73.4 Å². The molecule has 0 spiro atoms. The summed E-state index contributed by atoms with van der Waals surface area (Å²) in [7, 11) is 0. The number of rotatable bonds is 8. The second-order valence-corrected chi connectivity index (χ2v) is 13.1. The Morgan fingerprint density at radius 3 is 2.70 bits per heavy atom. The van der Waals surface area contributed by atoms with Gasteiger partial charge < -0.3 is 9.84 Å². The van der Waals surface area contributed by atoms with Gasteiger partial charge in [0, 0.05) is 51.4 Å². The molecule has 46 heavy (non-hydrogen) atoms. The number of thiophene rings is 1. The lowest BCUT2D eigenvalue weighted by Crippen LogP contribution is -2.46. The lowest BCUT2D eigenvalue weighted by molar-refractivity contribution is -0.344. The largest absolute Gasteiger partial charge is 0.522 e. The maximum absolute atomic E-state index is 13.7. The molecule has 0 amide bonds. The third-order valence-corrected chi connectivity index (χ3v) is 10.1. The fraction of sp³-hybridized carbons (Fsp3) is 0.438. The van der Waals surface area contributed by atoms with Crippen molar-refractivity contribution in [3.63, 3.8) is 0 Å². The lowest BCUT2D eigenvalue weighted by Gasteiger charge is -2.35. The first-order valence-electron chi connectivity index (χ1n) is 14.9. The molecule has 1 fully saturated rings. The minimum absolute atomic E-state index is 0.0811. The Hall–Kier alpha value is -3.52. The van der Waals surface area contributed by atoms with Crippen molar-refractivity contribution in [2.45, 2.75) is 77.5 Å². The Labute approximate surface area is 271 Å². The average Bonchev–Trinajstić information content (AvgIpc) is 3.57. The van der Waals surface area contributed by atoms with Crippen molar-refractivity contribution in [1.29, 1.82) is 0 Å². The molecule has 6 rings (SSSR count). The molecule has 0 saturated carbocycles. The maximum atomic E-state index is 13.7. The molecule has 3 unspecified atom stereocenters. The number of fused-ring (bicyclic) bond motifs is 2. The summed E-state index contributed by atoms with van der Waals surface area (Å²) in [5, 5.41) is 11.7. The summed E-state index contributed by atoms with van der Waals surface area (Å²) in [6.45, 7) is 6.13. The van der Waals surface area contributed by atoms with Crippen LogP contribution in [0.15, 0.2) is 34.4 Å². The topological polar surface area (TPSA) is 107 Å². The maximum Gasteiger partial charge on any atom is 0.522 e. The first kappa shape index (κ1) is 32.4. The highest BCUT2D eigenvalue weighted by Gasteiger charge is 2.43. The summed E-state index contributed by atoms with van der Waals surface area (Å²) in [4.78, 5) is 36.7. The van der Waals surface area contributed by atoms with Crippen LogP contribution in [0.4, 0.5) is 13.2 Å². The van der Waals surface area contributed by atoms with Crippen LogP contribution < -0.4 is 10.3 Å². The first-order valence-corrected chi connectivity index (χ1v) is 16.2. The second-order valence-electron chi connectivity index (χ2n) is 11.7. The number of halogens is 4. The van der Waals surface area contributed by atoms with E-state index in [1.807, 2.05) is 11.0 Å². The highest BCUT2D eigenvalue weighted by molar-refractivity contribution is 7.18. The number of nitrogens with zero attached hydrogens (tertiary/aromatic N) is 4. The molecule has 9 nitrogen and oxygen atoms in total. The molecule has 3 aromatic heterocycles. The molecular weight excluding hydrogens is 645 g/mol. The molecule has 3 atom stereocenters. The van der Waals surface area contributed by atoms with E-state index < -0.39 is 24.5 Å². The Kier molecular flexibility index (Phi) is 8.87. The number of likely N-dealkylation sites (tertiary alicyclic amines) is 1. The van der Waals surface area contributed by atoms with Crippen molar-refractivity contribution < 1.29 is 32.5 Å². The highest BCUT2D eigenvalue weighted by atomic mass is 35.5. The van der Waals surface area contributed by atoms with Crippen molar-refractivity contribution in [2.24, 2.45) is 0 Å². The molecular formula is C32H32ClF3N4O5S. The molecule has 2 aliphatic rings. The van der Waals surface area contributed by atoms with E-state index in [-0.39, 0.29) is 36.7 Å². The Morgan fingerprint density at radius 2 is 1.96 bits per heavy atom. The van der Waals surface area contributed by atoms with E-state index in [2.05, 4.69) is 9.72 Å². The van der Waals surface area contributed by atoms with E-state index >= 15 is 0 Å². The number of benzene rings is 1. The van der Waals surface area contributed by atoms with E-state index in [9.17, 15) is 27.9 Å². The SMILES string of the molecule is Cc1cc(-c2cc(Cl)ccc2OCCn2c(C)nc3c(c2=O)CC(N2CCC(OC(F)(F)F)C2C)CC3)c2scc(C(=O)O)c2n1. The van der Waals surface area contributed by atoms with Gasteiger partial charge in [0.15, 0.2) is 0 Å². The van der Waals surface area contributed by atoms with Gasteiger partial charge in [-0.15, -0.1) is 24.5 Å². The van der Waals surface area contributed by atoms with Crippen LogP contribution in [0.25, 0.3) is 21.3 Å². The molecule has 0 radical (unpaired) electrons. The Bertz CT molecular complexity index is 1880. The normalized spacial score (nSPS) is 20.3. The van der Waals surface area contributed by atoms with Crippen molar-refractivity contribution >= 4 is 39.1 Å². The molecule has 14 heteroatoms. The molecule has 1 saturated heterocycles. The Morgan fingerprint density at radius 1 is 1.17 bits per heavy atom. The van der Waals surface area contributed by atoms with Gasteiger partial charge in [-0.05, 0) is 70.7 Å². The smallest absolute Gasteiger partial charge is 0.491 e. The average molecular weight is 677 g/mol. The molecule has 0 bridgehead atoms. The number of aryl methyl sites for hydroxylation is 3. The molecule has 1 aliphatic heterocycles. The zero-order valence-electron chi connectivity index (χ0n) is 25.4. The number of carboxylic acid groups (broad SMARTS) is 1. The van der Waals surface area contributed by atoms with Crippen LogP contribution in [0.5, 0.6) is 5.75 Å². The van der Waals surface area contributed by atoms with Crippen LogP contribution in [0.1, 0.15) is 52.9 Å². The predicted octanol–water partition coefficient (Wildman–Crippen LogP) is 6.42. The van der Waals surface area contributed by atoms with E-state index in [4.69, 9.17) is 21.3 Å². The van der Waals surface area contributed by atoms with E-state index in [1.54, 1.807) is 48.9 Å². The summed E-state index contributed by atoms with van der Waals surface area (Å²) in [6, 6.07) is 6.55. The predicted molar refractivity (Wildman–Crippen MR) is 168 cm³/mol. The molecule has 244 valence electrons. The molecule has 1 N–H and O–H groups in total. The summed E-state index contributed by atoms with van der Waals surface area (Å²) in [5.41, 5.74) is 3.72. The minimum Gasteiger partial charge on any atom is -0.491 e. The number of hydrogen-bond donors (Lipinski definition) is 1. The van der Waals surface area contributed by atoms with Crippen LogP contribution in [0.2, 0.25) is 5.02 Å². The number of carboxylic acids is 1. The Balaban J connectivity index is 1.21. The van der Waals surface area contributed by atoms with Gasteiger partial charge in [-0.1, -0.05) is 11.6 Å². The fourth-order valence-corrected chi connectivity index (χ4v) is 7.89. The van der Waals surface area contributed by atoms with Crippen LogP contribution >= 0.6 is 22.9 Å². The second kappa shape index (κ2) is 12.6. The van der Waals surface area contributed by atoms with Crippen molar-refractivity contribution in [3.8, 4) is 16.9 Å². The van der Waals surface area contributed by atoms with E-state index in [0.717, 1.165) is 11.3 Å². The third-order valence-electron chi connectivity index (χ3n) is 8.87. The highest BCUT2D eigenvalue weighted by Crippen LogP contribution is 2.40. The van der Waals surface area contributed by atoms with Gasteiger partial charge in [0.25, 0.3) is 5.56 Å². The molecule has 1 aliphatic carbocycles. The van der Waals surface area contributed by atoms with Gasteiger partial charge in [-0.2, -0.15) is 0 Å². The molecule has 1 aromatic carbocycles. The van der Waals surface area contributed by atoms with Crippen LogP contribution in [-0.2, 0) is 24.1 Å². The van der Waals surface area contributed by atoms with Crippen molar-refractivity contribution in [2.75, 3.05) is 13.2 Å². The van der Waals surface area contributed by atoms with E-state index in [0.29, 0.717) is 69.4 Å². The zero-order valence-corrected chi connectivity index (χ0v) is 26.9. The fourth-order valence-electron chi connectivity index (χ4n) is 6.71. The van der Waals surface area contributed by atoms with Gasteiger partial charge >= 0.3 is 12.3 Å². The zero-order chi connectivity index (χ0) is 32.9. The van der Waals surface area contributed by atoms with Crippen molar-refractivity contribution in [1.82, 2.24) is 19.4 Å². The third kappa shape index (κ3) is 6.38. The van der Waals surface area contributed by atoms with Gasteiger partial charge in [0.1, 0.15) is 18.2 Å². The molecule has 4 heterocycles. The van der Waals surface area contributed by atoms with Crippen LogP contribution in [-0.4, -0.2) is 68.2 Å². The van der Waals surface area contributed by atoms with Gasteiger partial charge in [0.2, 0.25) is 0 Å². The first-order chi connectivity index (χ1) is 21.8. The molecule has 4 aromatic rings. The number of alkyl halides is 3. The van der Waals surface area contributed by atoms with E-state index in [1.165, 1.54) is 11.3 Å². The number of hydrogen-bond acceptors (Lipinski definition) is 8. The monoisotopic (exact) mass is 676 g/mol. The van der Waals surface area contributed by atoms with Crippen LogP contribution in [0.3, 0.4) is 0 Å². The minimum atomic E-state index is -4.69. The van der Waals surface area contributed by atoms with Gasteiger partial charge in [0.05, 0.1) is 34.1 Å². The number of aromatic nitrogens is 3. The number of pyridine rings is 1. The summed E-state index contributed by atoms with van der Waals surface area (Å²) in [6.07, 6.45) is -3.66. The van der Waals surface area contributed by atoms with Gasteiger partial charge in [-0.3, -0.25) is 24.0 Å². The summed E-state index contributed by atoms with van der Waals surface area (Å²) < 4.78 is 51.5. The quantitative estimate of drug-likeness (QED) is 0.228.